The van der Waals surface area contributed by atoms with E-state index in [1.807, 2.05) is 12.1 Å². The summed E-state index contributed by atoms with van der Waals surface area (Å²) in [5.41, 5.74) is 5.50. The number of piperidine rings is 1. The van der Waals surface area contributed by atoms with Crippen LogP contribution in [0.3, 0.4) is 0 Å². The molecule has 0 amide bonds. The van der Waals surface area contributed by atoms with Crippen molar-refractivity contribution in [2.24, 2.45) is 5.41 Å². The highest BCUT2D eigenvalue weighted by Gasteiger charge is 2.49. The Labute approximate surface area is 198 Å². The summed E-state index contributed by atoms with van der Waals surface area (Å²) < 4.78 is 4.82. The maximum absolute atomic E-state index is 11.7. The number of nitrogens with zero attached hydrogens (tertiary/aromatic N) is 2. The Morgan fingerprint density at radius 2 is 1.70 bits per heavy atom. The quantitative estimate of drug-likeness (QED) is 0.513. The lowest BCUT2D eigenvalue weighted by molar-refractivity contribution is -0.0227. The van der Waals surface area contributed by atoms with Crippen LogP contribution in [0.25, 0.3) is 0 Å². The van der Waals surface area contributed by atoms with E-state index in [4.69, 9.17) is 4.74 Å². The van der Waals surface area contributed by atoms with E-state index in [2.05, 4.69) is 60.0 Å². The molecule has 4 heteroatoms. The molecule has 0 N–H and O–H groups in total. The Morgan fingerprint density at radius 3 is 2.36 bits per heavy atom. The molecule has 33 heavy (non-hydrogen) atoms. The lowest BCUT2D eigenvalue weighted by atomic mass is 9.59. The number of carbonyl (C=O) groups is 1. The monoisotopic (exact) mass is 446 g/mol. The van der Waals surface area contributed by atoms with Crippen molar-refractivity contribution in [3.63, 3.8) is 0 Å². The van der Waals surface area contributed by atoms with E-state index in [9.17, 15) is 4.79 Å². The molecule has 5 rings (SSSR count). The van der Waals surface area contributed by atoms with Gasteiger partial charge in [0, 0.05) is 30.9 Å². The molecule has 3 aliphatic rings. The van der Waals surface area contributed by atoms with Crippen LogP contribution in [0.4, 0.5) is 5.69 Å². The van der Waals surface area contributed by atoms with Gasteiger partial charge in [-0.2, -0.15) is 0 Å². The molecule has 0 radical (unpaired) electrons. The van der Waals surface area contributed by atoms with Gasteiger partial charge in [-0.15, -0.1) is 0 Å². The summed E-state index contributed by atoms with van der Waals surface area (Å²) in [6, 6.07) is 18.4. The third kappa shape index (κ3) is 4.30. The predicted molar refractivity (Wildman–Crippen MR) is 134 cm³/mol. The minimum absolute atomic E-state index is 0.268. The molecule has 2 aromatic rings. The SMILES string of the molecule is COC(=O)c1ccc(N2CCC3(CC2)CC(N2CCCC2c2ccccc2C(C)C)C3)cc1. The zero-order valence-corrected chi connectivity index (χ0v) is 20.4. The third-order valence-corrected chi connectivity index (χ3v) is 8.56. The number of likely N-dealkylation sites (tertiary alicyclic amines) is 1. The largest absolute Gasteiger partial charge is 0.465 e. The summed E-state index contributed by atoms with van der Waals surface area (Å²) in [7, 11) is 1.43. The van der Waals surface area contributed by atoms with Gasteiger partial charge in [0.25, 0.3) is 0 Å². The first-order chi connectivity index (χ1) is 16.0. The van der Waals surface area contributed by atoms with Crippen LogP contribution in [0.1, 0.15) is 85.8 Å². The van der Waals surface area contributed by atoms with E-state index in [1.54, 1.807) is 5.56 Å². The molecule has 1 saturated carbocycles. The molecule has 4 nitrogen and oxygen atoms in total. The Balaban J connectivity index is 1.19. The first kappa shape index (κ1) is 22.5. The molecule has 176 valence electrons. The number of carbonyl (C=O) groups excluding carboxylic acids is 1. The number of benzene rings is 2. The maximum atomic E-state index is 11.7. The lowest BCUT2D eigenvalue weighted by Crippen LogP contribution is -2.54. The fourth-order valence-electron chi connectivity index (χ4n) is 6.65. The van der Waals surface area contributed by atoms with E-state index in [1.165, 1.54) is 63.4 Å². The van der Waals surface area contributed by atoms with Crippen molar-refractivity contribution in [1.82, 2.24) is 4.90 Å². The second-order valence-corrected chi connectivity index (χ2v) is 10.8. The second-order valence-electron chi connectivity index (χ2n) is 10.8. The summed E-state index contributed by atoms with van der Waals surface area (Å²) in [6.07, 6.45) is 7.93. The molecule has 2 saturated heterocycles. The van der Waals surface area contributed by atoms with Crippen molar-refractivity contribution in [2.45, 2.75) is 70.4 Å². The number of rotatable bonds is 5. The van der Waals surface area contributed by atoms with Crippen LogP contribution >= 0.6 is 0 Å². The molecule has 2 heterocycles. The standard InChI is InChI=1S/C29H38N2O2/c1-21(2)25-7-4-5-8-26(25)27-9-6-16-31(27)24-19-29(20-24)14-17-30(18-15-29)23-12-10-22(11-13-23)28(32)33-3/h4-5,7-8,10-13,21,24,27H,6,9,14-20H2,1-3H3. The fourth-order valence-corrected chi connectivity index (χ4v) is 6.65. The van der Waals surface area contributed by atoms with Gasteiger partial charge < -0.3 is 9.64 Å². The Kier molecular flexibility index (Phi) is 6.22. The van der Waals surface area contributed by atoms with Gasteiger partial charge in [-0.3, -0.25) is 4.90 Å². The maximum Gasteiger partial charge on any atom is 0.337 e. The Morgan fingerprint density at radius 1 is 1.00 bits per heavy atom. The summed E-state index contributed by atoms with van der Waals surface area (Å²) in [5.74, 6) is 0.318. The number of anilines is 1. The van der Waals surface area contributed by atoms with Gasteiger partial charge in [0.05, 0.1) is 12.7 Å². The molecule has 1 spiro atoms. The van der Waals surface area contributed by atoms with Crippen LogP contribution in [-0.2, 0) is 4.74 Å². The van der Waals surface area contributed by atoms with Crippen molar-refractivity contribution >= 4 is 11.7 Å². The molecule has 1 aliphatic carbocycles. The molecular weight excluding hydrogens is 408 g/mol. The fraction of sp³-hybridized carbons (Fsp3) is 0.552. The lowest BCUT2D eigenvalue weighted by Gasteiger charge is -2.56. The summed E-state index contributed by atoms with van der Waals surface area (Å²) in [5, 5.41) is 0. The van der Waals surface area contributed by atoms with Crippen molar-refractivity contribution in [2.75, 3.05) is 31.6 Å². The number of hydrogen-bond donors (Lipinski definition) is 0. The normalized spacial score (nSPS) is 23.2. The van der Waals surface area contributed by atoms with E-state index in [0.29, 0.717) is 22.9 Å². The van der Waals surface area contributed by atoms with Crippen molar-refractivity contribution in [3.8, 4) is 0 Å². The highest BCUT2D eigenvalue weighted by Crippen LogP contribution is 2.54. The van der Waals surface area contributed by atoms with Crippen molar-refractivity contribution < 1.29 is 9.53 Å². The molecule has 1 atom stereocenters. The van der Waals surface area contributed by atoms with Crippen LogP contribution in [-0.4, -0.2) is 43.7 Å². The molecule has 2 aliphatic heterocycles. The second kappa shape index (κ2) is 9.13. The summed E-state index contributed by atoms with van der Waals surface area (Å²) >= 11 is 0. The van der Waals surface area contributed by atoms with Crippen LogP contribution < -0.4 is 4.90 Å². The molecule has 0 aromatic heterocycles. The topological polar surface area (TPSA) is 32.8 Å². The van der Waals surface area contributed by atoms with Crippen LogP contribution in [0.5, 0.6) is 0 Å². The van der Waals surface area contributed by atoms with Crippen molar-refractivity contribution in [1.29, 1.82) is 0 Å². The molecular formula is C29H38N2O2. The third-order valence-electron chi connectivity index (χ3n) is 8.56. The van der Waals surface area contributed by atoms with Crippen LogP contribution in [0, 0.1) is 5.41 Å². The Bertz CT molecular complexity index is 967. The molecule has 2 aromatic carbocycles. The molecule has 1 unspecified atom stereocenters. The van der Waals surface area contributed by atoms with Gasteiger partial charge in [-0.05, 0) is 91.8 Å². The predicted octanol–water partition coefficient (Wildman–Crippen LogP) is 6.18. The van der Waals surface area contributed by atoms with Crippen molar-refractivity contribution in [3.05, 3.63) is 65.2 Å². The van der Waals surface area contributed by atoms with E-state index in [0.717, 1.165) is 19.1 Å². The zero-order chi connectivity index (χ0) is 23.0. The average Bonchev–Trinajstić information content (AvgIpc) is 3.31. The van der Waals surface area contributed by atoms with Gasteiger partial charge in [0.15, 0.2) is 0 Å². The number of ether oxygens (including phenoxy) is 1. The van der Waals surface area contributed by atoms with Gasteiger partial charge >= 0.3 is 5.97 Å². The number of esters is 1. The first-order valence-electron chi connectivity index (χ1n) is 12.8. The van der Waals surface area contributed by atoms with Gasteiger partial charge in [0.1, 0.15) is 0 Å². The van der Waals surface area contributed by atoms with Crippen LogP contribution in [0.15, 0.2) is 48.5 Å². The number of methoxy groups -OCH3 is 1. The first-order valence-corrected chi connectivity index (χ1v) is 12.8. The smallest absolute Gasteiger partial charge is 0.337 e. The van der Waals surface area contributed by atoms with Gasteiger partial charge in [-0.25, -0.2) is 4.79 Å². The zero-order valence-electron chi connectivity index (χ0n) is 20.4. The van der Waals surface area contributed by atoms with Gasteiger partial charge in [-0.1, -0.05) is 38.1 Å². The van der Waals surface area contributed by atoms with E-state index >= 15 is 0 Å². The van der Waals surface area contributed by atoms with Crippen LogP contribution in [0.2, 0.25) is 0 Å². The average molecular weight is 447 g/mol. The highest BCUT2D eigenvalue weighted by atomic mass is 16.5. The summed E-state index contributed by atoms with van der Waals surface area (Å²) in [4.78, 5) is 17.0. The van der Waals surface area contributed by atoms with E-state index < -0.39 is 0 Å². The molecule has 3 fully saturated rings. The Hall–Kier alpha value is -2.33. The van der Waals surface area contributed by atoms with E-state index in [-0.39, 0.29) is 5.97 Å². The molecule has 0 bridgehead atoms. The minimum Gasteiger partial charge on any atom is -0.465 e. The highest BCUT2D eigenvalue weighted by molar-refractivity contribution is 5.89. The van der Waals surface area contributed by atoms with Gasteiger partial charge in [0.2, 0.25) is 0 Å². The number of hydrogen-bond acceptors (Lipinski definition) is 4. The summed E-state index contributed by atoms with van der Waals surface area (Å²) in [6.45, 7) is 8.14. The minimum atomic E-state index is -0.268.